The highest BCUT2D eigenvalue weighted by Gasteiger charge is 2.11. The van der Waals surface area contributed by atoms with Crippen molar-refractivity contribution in [2.24, 2.45) is 7.05 Å². The molecule has 0 unspecified atom stereocenters. The van der Waals surface area contributed by atoms with Crippen LogP contribution in [-0.4, -0.2) is 23.8 Å². The second-order valence-electron chi connectivity index (χ2n) is 4.43. The van der Waals surface area contributed by atoms with Crippen LogP contribution < -0.4 is 10.5 Å². The largest absolute Gasteiger partial charge is 0.507 e. The van der Waals surface area contributed by atoms with E-state index in [2.05, 4.69) is 0 Å². The molecule has 2 aromatic rings. The SMILES string of the molecule is Cc1c(O)c2cc(N(C)C)ccc2n(C)c1=O. The van der Waals surface area contributed by atoms with E-state index < -0.39 is 0 Å². The van der Waals surface area contributed by atoms with Gasteiger partial charge >= 0.3 is 0 Å². The Balaban J connectivity index is 2.92. The van der Waals surface area contributed by atoms with E-state index in [4.69, 9.17) is 0 Å². The lowest BCUT2D eigenvalue weighted by Gasteiger charge is -2.15. The van der Waals surface area contributed by atoms with Crippen LogP contribution in [0.5, 0.6) is 5.75 Å². The molecule has 0 spiro atoms. The molecule has 1 heterocycles. The smallest absolute Gasteiger partial charge is 0.257 e. The molecule has 17 heavy (non-hydrogen) atoms. The lowest BCUT2D eigenvalue weighted by Crippen LogP contribution is -2.19. The molecule has 4 heteroatoms. The highest BCUT2D eigenvalue weighted by molar-refractivity contribution is 5.89. The Morgan fingerprint density at radius 3 is 2.53 bits per heavy atom. The van der Waals surface area contributed by atoms with E-state index in [1.54, 1.807) is 18.5 Å². The number of nitrogens with zero attached hydrogens (tertiary/aromatic N) is 2. The first kappa shape index (κ1) is 11.5. The number of aromatic hydroxyl groups is 1. The maximum atomic E-state index is 11.8. The molecule has 0 saturated heterocycles. The molecule has 1 N–H and O–H groups in total. The number of aromatic nitrogens is 1. The Labute approximate surface area is 99.7 Å². The third-order valence-corrected chi connectivity index (χ3v) is 3.09. The monoisotopic (exact) mass is 232 g/mol. The molecule has 0 amide bonds. The second kappa shape index (κ2) is 3.80. The van der Waals surface area contributed by atoms with Crippen molar-refractivity contribution in [3.05, 3.63) is 34.1 Å². The highest BCUT2D eigenvalue weighted by atomic mass is 16.3. The van der Waals surface area contributed by atoms with Crippen molar-refractivity contribution in [3.8, 4) is 5.75 Å². The van der Waals surface area contributed by atoms with E-state index in [0.29, 0.717) is 10.9 Å². The summed E-state index contributed by atoms with van der Waals surface area (Å²) in [6, 6.07) is 5.67. The average Bonchev–Trinajstić information content (AvgIpc) is 2.32. The van der Waals surface area contributed by atoms with Gasteiger partial charge < -0.3 is 14.6 Å². The number of anilines is 1. The molecular weight excluding hydrogens is 216 g/mol. The number of rotatable bonds is 1. The van der Waals surface area contributed by atoms with Gasteiger partial charge in [0.15, 0.2) is 0 Å². The Hall–Kier alpha value is -1.97. The zero-order chi connectivity index (χ0) is 12.7. The van der Waals surface area contributed by atoms with Crippen LogP contribution >= 0.6 is 0 Å². The summed E-state index contributed by atoms with van der Waals surface area (Å²) in [6.45, 7) is 1.64. The third kappa shape index (κ3) is 1.65. The molecule has 1 aromatic carbocycles. The first-order chi connectivity index (χ1) is 7.93. The molecule has 1 aromatic heterocycles. The van der Waals surface area contributed by atoms with Crippen molar-refractivity contribution in [2.75, 3.05) is 19.0 Å². The fourth-order valence-electron chi connectivity index (χ4n) is 1.95. The molecule has 4 nitrogen and oxygen atoms in total. The summed E-state index contributed by atoms with van der Waals surface area (Å²) in [5, 5.41) is 10.7. The van der Waals surface area contributed by atoms with Crippen molar-refractivity contribution in [2.45, 2.75) is 6.92 Å². The van der Waals surface area contributed by atoms with Gasteiger partial charge in [0.05, 0.1) is 11.1 Å². The van der Waals surface area contributed by atoms with E-state index in [-0.39, 0.29) is 11.3 Å². The van der Waals surface area contributed by atoms with Crippen molar-refractivity contribution in [1.82, 2.24) is 4.57 Å². The predicted octanol–water partition coefficient (Wildman–Crippen LogP) is 1.62. The van der Waals surface area contributed by atoms with Gasteiger partial charge in [-0.15, -0.1) is 0 Å². The Morgan fingerprint density at radius 2 is 1.94 bits per heavy atom. The van der Waals surface area contributed by atoms with Crippen molar-refractivity contribution >= 4 is 16.6 Å². The summed E-state index contributed by atoms with van der Waals surface area (Å²) in [6.07, 6.45) is 0. The quantitative estimate of drug-likeness (QED) is 0.812. The number of fused-ring (bicyclic) bond motifs is 1. The minimum absolute atomic E-state index is 0.0757. The van der Waals surface area contributed by atoms with Crippen LogP contribution in [0.4, 0.5) is 5.69 Å². The average molecular weight is 232 g/mol. The lowest BCUT2D eigenvalue weighted by molar-refractivity contribution is 0.475. The van der Waals surface area contributed by atoms with Crippen LogP contribution in [0, 0.1) is 6.92 Å². The van der Waals surface area contributed by atoms with Crippen LogP contribution in [0.1, 0.15) is 5.56 Å². The molecule has 0 fully saturated rings. The summed E-state index contributed by atoms with van der Waals surface area (Å²) in [4.78, 5) is 13.8. The Morgan fingerprint density at radius 1 is 1.29 bits per heavy atom. The van der Waals surface area contributed by atoms with Crippen LogP contribution in [0.2, 0.25) is 0 Å². The molecule has 0 atom stereocenters. The zero-order valence-electron chi connectivity index (χ0n) is 10.5. The van der Waals surface area contributed by atoms with Gasteiger partial charge in [-0.25, -0.2) is 0 Å². The van der Waals surface area contributed by atoms with E-state index in [9.17, 15) is 9.90 Å². The standard InChI is InChI=1S/C13H16N2O2/c1-8-12(16)10-7-9(14(2)3)5-6-11(10)15(4)13(8)17/h5-7,16H,1-4H3. The van der Waals surface area contributed by atoms with Gasteiger partial charge in [0.25, 0.3) is 5.56 Å². The maximum Gasteiger partial charge on any atom is 0.257 e. The Kier molecular flexibility index (Phi) is 2.58. The van der Waals surface area contributed by atoms with Crippen LogP contribution in [0.3, 0.4) is 0 Å². The van der Waals surface area contributed by atoms with E-state index in [1.165, 1.54) is 0 Å². The van der Waals surface area contributed by atoms with Gasteiger partial charge in [-0.05, 0) is 25.1 Å². The number of aryl methyl sites for hydroxylation is 1. The molecule has 0 aliphatic carbocycles. The number of hydrogen-bond donors (Lipinski definition) is 1. The van der Waals surface area contributed by atoms with Gasteiger partial charge in [0.1, 0.15) is 5.75 Å². The van der Waals surface area contributed by atoms with Crippen LogP contribution in [0.15, 0.2) is 23.0 Å². The second-order valence-corrected chi connectivity index (χ2v) is 4.43. The van der Waals surface area contributed by atoms with Crippen molar-refractivity contribution < 1.29 is 5.11 Å². The molecule has 0 bridgehead atoms. The van der Waals surface area contributed by atoms with Crippen molar-refractivity contribution in [3.63, 3.8) is 0 Å². The first-order valence-electron chi connectivity index (χ1n) is 5.43. The normalized spacial score (nSPS) is 10.8. The van der Waals surface area contributed by atoms with Gasteiger partial charge in [-0.2, -0.15) is 0 Å². The molecular formula is C13H16N2O2. The molecule has 0 radical (unpaired) electrons. The minimum Gasteiger partial charge on any atom is -0.507 e. The molecule has 0 saturated carbocycles. The maximum absolute atomic E-state index is 11.8. The summed E-state index contributed by atoms with van der Waals surface area (Å²) < 4.78 is 1.56. The number of hydrogen-bond acceptors (Lipinski definition) is 3. The van der Waals surface area contributed by atoms with E-state index in [0.717, 1.165) is 11.2 Å². The predicted molar refractivity (Wildman–Crippen MR) is 69.9 cm³/mol. The van der Waals surface area contributed by atoms with Crippen LogP contribution in [-0.2, 0) is 7.05 Å². The third-order valence-electron chi connectivity index (χ3n) is 3.09. The summed E-state index contributed by atoms with van der Waals surface area (Å²) in [5.74, 6) is 0.0757. The fourth-order valence-corrected chi connectivity index (χ4v) is 1.95. The topological polar surface area (TPSA) is 45.5 Å². The van der Waals surface area contributed by atoms with Gasteiger partial charge in [0.2, 0.25) is 0 Å². The van der Waals surface area contributed by atoms with E-state index >= 15 is 0 Å². The van der Waals surface area contributed by atoms with Gasteiger partial charge in [-0.3, -0.25) is 4.79 Å². The number of pyridine rings is 1. The van der Waals surface area contributed by atoms with Crippen molar-refractivity contribution in [1.29, 1.82) is 0 Å². The molecule has 2 rings (SSSR count). The Bertz CT molecular complexity index is 642. The first-order valence-corrected chi connectivity index (χ1v) is 5.43. The molecule has 0 aliphatic heterocycles. The van der Waals surface area contributed by atoms with E-state index in [1.807, 2.05) is 37.2 Å². The van der Waals surface area contributed by atoms with Crippen LogP contribution in [0.25, 0.3) is 10.9 Å². The fraction of sp³-hybridized carbons (Fsp3) is 0.308. The summed E-state index contributed by atoms with van der Waals surface area (Å²) in [7, 11) is 5.59. The summed E-state index contributed by atoms with van der Waals surface area (Å²) in [5.41, 5.74) is 1.96. The van der Waals surface area contributed by atoms with Gasteiger partial charge in [0, 0.05) is 32.2 Å². The summed E-state index contributed by atoms with van der Waals surface area (Å²) >= 11 is 0. The lowest BCUT2D eigenvalue weighted by atomic mass is 10.1. The minimum atomic E-state index is -0.160. The molecule has 0 aliphatic rings. The highest BCUT2D eigenvalue weighted by Crippen LogP contribution is 2.28. The molecule has 90 valence electrons. The van der Waals surface area contributed by atoms with Gasteiger partial charge in [-0.1, -0.05) is 0 Å². The number of benzene rings is 1. The zero-order valence-corrected chi connectivity index (χ0v) is 10.5.